The largest absolute Gasteiger partial charge is 0.375 e. The minimum Gasteiger partial charge on any atom is -0.375 e. The summed E-state index contributed by atoms with van der Waals surface area (Å²) in [5.41, 5.74) is 5.86. The van der Waals surface area contributed by atoms with Crippen LogP contribution in [0.3, 0.4) is 0 Å². The molecular weight excluding hydrogens is 234 g/mol. The van der Waals surface area contributed by atoms with Crippen molar-refractivity contribution in [3.63, 3.8) is 0 Å². The van der Waals surface area contributed by atoms with Crippen molar-refractivity contribution in [2.24, 2.45) is 5.73 Å². The first-order valence-corrected chi connectivity index (χ1v) is 6.37. The van der Waals surface area contributed by atoms with Gasteiger partial charge in [-0.2, -0.15) is 0 Å². The normalized spacial score (nSPS) is 23.2. The highest BCUT2D eigenvalue weighted by molar-refractivity contribution is 5.89. The SMILES string of the molecule is CCN(CC)C(=O)[C@@H]1C[C@@H](N)CN1C(=O)COC. The molecule has 0 unspecified atom stereocenters. The molecule has 1 aliphatic heterocycles. The molecule has 1 rings (SSSR count). The molecule has 104 valence electrons. The van der Waals surface area contributed by atoms with Crippen molar-refractivity contribution in [2.45, 2.75) is 32.4 Å². The average Bonchev–Trinajstić information content (AvgIpc) is 2.73. The van der Waals surface area contributed by atoms with Gasteiger partial charge in [-0.15, -0.1) is 0 Å². The number of rotatable bonds is 5. The van der Waals surface area contributed by atoms with Crippen LogP contribution in [0.25, 0.3) is 0 Å². The maximum Gasteiger partial charge on any atom is 0.249 e. The minimum atomic E-state index is -0.428. The Balaban J connectivity index is 2.77. The zero-order valence-corrected chi connectivity index (χ0v) is 11.4. The first kappa shape index (κ1) is 14.9. The summed E-state index contributed by atoms with van der Waals surface area (Å²) < 4.78 is 4.84. The van der Waals surface area contributed by atoms with Crippen molar-refractivity contribution in [3.8, 4) is 0 Å². The van der Waals surface area contributed by atoms with E-state index in [2.05, 4.69) is 0 Å². The fourth-order valence-corrected chi connectivity index (χ4v) is 2.33. The number of carbonyl (C=O) groups excluding carboxylic acids is 2. The molecule has 1 fully saturated rings. The Kier molecular flexibility index (Phi) is 5.55. The molecule has 0 spiro atoms. The average molecular weight is 257 g/mol. The first-order valence-electron chi connectivity index (χ1n) is 6.37. The third kappa shape index (κ3) is 3.20. The molecule has 6 nitrogen and oxygen atoms in total. The van der Waals surface area contributed by atoms with Gasteiger partial charge in [0.2, 0.25) is 11.8 Å². The van der Waals surface area contributed by atoms with Crippen LogP contribution in [0.15, 0.2) is 0 Å². The number of carbonyl (C=O) groups is 2. The molecule has 2 N–H and O–H groups in total. The third-order valence-electron chi connectivity index (χ3n) is 3.28. The highest BCUT2D eigenvalue weighted by atomic mass is 16.5. The summed E-state index contributed by atoms with van der Waals surface area (Å²) in [6, 6.07) is -0.558. The van der Waals surface area contributed by atoms with Crippen LogP contribution in [0, 0.1) is 0 Å². The Morgan fingerprint density at radius 1 is 1.39 bits per heavy atom. The molecule has 2 atom stereocenters. The lowest BCUT2D eigenvalue weighted by molar-refractivity contribution is -0.145. The van der Waals surface area contributed by atoms with Crippen LogP contribution < -0.4 is 5.73 Å². The predicted molar refractivity (Wildman–Crippen MR) is 67.9 cm³/mol. The lowest BCUT2D eigenvalue weighted by Crippen LogP contribution is -2.48. The number of amides is 2. The van der Waals surface area contributed by atoms with Crippen LogP contribution >= 0.6 is 0 Å². The summed E-state index contributed by atoms with van der Waals surface area (Å²) in [5.74, 6) is -0.187. The Morgan fingerprint density at radius 2 is 2.00 bits per heavy atom. The zero-order chi connectivity index (χ0) is 13.7. The van der Waals surface area contributed by atoms with E-state index in [0.29, 0.717) is 26.1 Å². The smallest absolute Gasteiger partial charge is 0.249 e. The van der Waals surface area contributed by atoms with Gasteiger partial charge in [-0.05, 0) is 20.3 Å². The van der Waals surface area contributed by atoms with Gasteiger partial charge in [-0.1, -0.05) is 0 Å². The molecule has 0 saturated carbocycles. The van der Waals surface area contributed by atoms with Crippen LogP contribution in [0.5, 0.6) is 0 Å². The minimum absolute atomic E-state index is 0.00521. The third-order valence-corrected chi connectivity index (χ3v) is 3.28. The molecule has 0 bridgehead atoms. The summed E-state index contributed by atoms with van der Waals surface area (Å²) in [6.07, 6.45) is 0.533. The summed E-state index contributed by atoms with van der Waals surface area (Å²) in [6.45, 7) is 5.57. The molecule has 0 aromatic carbocycles. The molecule has 1 aliphatic rings. The Morgan fingerprint density at radius 3 is 2.50 bits per heavy atom. The topological polar surface area (TPSA) is 75.9 Å². The second-order valence-corrected chi connectivity index (χ2v) is 4.50. The number of likely N-dealkylation sites (tertiary alicyclic amines) is 1. The molecule has 18 heavy (non-hydrogen) atoms. The molecular formula is C12H23N3O3. The number of nitrogens with two attached hydrogens (primary N) is 1. The fraction of sp³-hybridized carbons (Fsp3) is 0.833. The summed E-state index contributed by atoms with van der Waals surface area (Å²) in [4.78, 5) is 27.5. The van der Waals surface area contributed by atoms with Crippen molar-refractivity contribution in [3.05, 3.63) is 0 Å². The summed E-state index contributed by atoms with van der Waals surface area (Å²) in [5, 5.41) is 0. The zero-order valence-electron chi connectivity index (χ0n) is 11.4. The van der Waals surface area contributed by atoms with Crippen molar-refractivity contribution in [1.29, 1.82) is 0 Å². The maximum absolute atomic E-state index is 12.3. The number of ether oxygens (including phenoxy) is 1. The van der Waals surface area contributed by atoms with Crippen LogP contribution in [0.2, 0.25) is 0 Å². The van der Waals surface area contributed by atoms with Gasteiger partial charge in [-0.3, -0.25) is 9.59 Å². The molecule has 0 radical (unpaired) electrons. The van der Waals surface area contributed by atoms with E-state index in [4.69, 9.17) is 10.5 Å². The van der Waals surface area contributed by atoms with Gasteiger partial charge in [0.05, 0.1) is 0 Å². The van der Waals surface area contributed by atoms with Crippen LogP contribution in [0.4, 0.5) is 0 Å². The standard InChI is InChI=1S/C12H23N3O3/c1-4-14(5-2)12(17)10-6-9(13)7-15(10)11(16)8-18-3/h9-10H,4-8,13H2,1-3H3/t9-,10+/m1/s1. The maximum atomic E-state index is 12.3. The number of likely N-dealkylation sites (N-methyl/N-ethyl adjacent to an activating group) is 1. The monoisotopic (exact) mass is 257 g/mol. The molecule has 2 amide bonds. The van der Waals surface area contributed by atoms with E-state index in [1.165, 1.54) is 7.11 Å². The second-order valence-electron chi connectivity index (χ2n) is 4.50. The number of hydrogen-bond donors (Lipinski definition) is 1. The Bertz CT molecular complexity index is 305. The van der Waals surface area contributed by atoms with E-state index in [1.807, 2.05) is 13.8 Å². The van der Waals surface area contributed by atoms with Crippen molar-refractivity contribution < 1.29 is 14.3 Å². The van der Waals surface area contributed by atoms with Gasteiger partial charge < -0.3 is 20.3 Å². The lowest BCUT2D eigenvalue weighted by Gasteiger charge is -2.28. The van der Waals surface area contributed by atoms with Crippen molar-refractivity contribution >= 4 is 11.8 Å². The summed E-state index contributed by atoms with van der Waals surface area (Å²) in [7, 11) is 1.47. The summed E-state index contributed by atoms with van der Waals surface area (Å²) >= 11 is 0. The van der Waals surface area contributed by atoms with Gasteiger partial charge in [0.25, 0.3) is 0 Å². The molecule has 1 heterocycles. The van der Waals surface area contributed by atoms with Gasteiger partial charge >= 0.3 is 0 Å². The van der Waals surface area contributed by atoms with Crippen LogP contribution in [-0.4, -0.2) is 67.0 Å². The quantitative estimate of drug-likeness (QED) is 0.715. The highest BCUT2D eigenvalue weighted by Gasteiger charge is 2.39. The van der Waals surface area contributed by atoms with E-state index >= 15 is 0 Å². The number of methoxy groups -OCH3 is 1. The van der Waals surface area contributed by atoms with Gasteiger partial charge in [0.15, 0.2) is 0 Å². The second kappa shape index (κ2) is 6.70. The van der Waals surface area contributed by atoms with Crippen molar-refractivity contribution in [2.75, 3.05) is 33.4 Å². The van der Waals surface area contributed by atoms with E-state index in [9.17, 15) is 9.59 Å². The number of nitrogens with zero attached hydrogens (tertiary/aromatic N) is 2. The first-order chi connectivity index (χ1) is 8.54. The van der Waals surface area contributed by atoms with Crippen LogP contribution in [0.1, 0.15) is 20.3 Å². The Hall–Kier alpha value is -1.14. The molecule has 6 heteroatoms. The Labute approximate surface area is 108 Å². The lowest BCUT2D eigenvalue weighted by atomic mass is 10.1. The molecule has 0 aromatic heterocycles. The van der Waals surface area contributed by atoms with Crippen LogP contribution in [-0.2, 0) is 14.3 Å². The van der Waals surface area contributed by atoms with Crippen molar-refractivity contribution in [1.82, 2.24) is 9.80 Å². The van der Waals surface area contributed by atoms with Gasteiger partial charge in [-0.25, -0.2) is 0 Å². The fourth-order valence-electron chi connectivity index (χ4n) is 2.33. The molecule has 0 aliphatic carbocycles. The number of hydrogen-bond acceptors (Lipinski definition) is 4. The molecule has 1 saturated heterocycles. The van der Waals surface area contributed by atoms with E-state index in [-0.39, 0.29) is 24.5 Å². The van der Waals surface area contributed by atoms with E-state index < -0.39 is 6.04 Å². The molecule has 0 aromatic rings. The van der Waals surface area contributed by atoms with E-state index in [1.54, 1.807) is 9.80 Å². The van der Waals surface area contributed by atoms with Gasteiger partial charge in [0, 0.05) is 32.8 Å². The predicted octanol–water partition coefficient (Wildman–Crippen LogP) is -0.571. The highest BCUT2D eigenvalue weighted by Crippen LogP contribution is 2.19. The van der Waals surface area contributed by atoms with E-state index in [0.717, 1.165) is 0 Å². The van der Waals surface area contributed by atoms with Gasteiger partial charge in [0.1, 0.15) is 12.6 Å².